The van der Waals surface area contributed by atoms with Gasteiger partial charge >= 0.3 is 0 Å². The van der Waals surface area contributed by atoms with Crippen LogP contribution < -0.4 is 5.32 Å². The highest BCUT2D eigenvalue weighted by Crippen LogP contribution is 2.38. The first kappa shape index (κ1) is 16.3. The van der Waals surface area contributed by atoms with Gasteiger partial charge in [-0.05, 0) is 35.7 Å². The topological polar surface area (TPSA) is 35.8 Å². The molecule has 1 heterocycles. The maximum Gasteiger partial charge on any atom is 0.105 e. The smallest absolute Gasteiger partial charge is 0.105 e. The summed E-state index contributed by atoms with van der Waals surface area (Å²) in [5.74, 6) is -0.122. The van der Waals surface area contributed by atoms with E-state index >= 15 is 0 Å². The molecule has 2 nitrogen and oxygen atoms in total. The van der Waals surface area contributed by atoms with Crippen molar-refractivity contribution in [1.82, 2.24) is 5.32 Å². The lowest BCUT2D eigenvalue weighted by Crippen LogP contribution is -2.59. The van der Waals surface area contributed by atoms with Gasteiger partial charge in [-0.15, -0.1) is 0 Å². The van der Waals surface area contributed by atoms with E-state index < -0.39 is 6.67 Å². The summed E-state index contributed by atoms with van der Waals surface area (Å²) in [6.45, 7) is 1.45. The number of hydrogen-bond acceptors (Lipinski definition) is 2. The average molecular weight is 349 g/mol. The van der Waals surface area contributed by atoms with Crippen molar-refractivity contribution in [2.24, 2.45) is 0 Å². The highest BCUT2D eigenvalue weighted by Gasteiger charge is 2.41. The molecule has 2 aromatic rings. The number of alkyl halides is 1. The molecule has 0 bridgehead atoms. The fourth-order valence-corrected chi connectivity index (χ4v) is 3.90. The molecular formula is C18H15Cl2FN2. The standard InChI is InChI=1S/C18H15Cl2FN2/c1-10-6-13(19)17(14(20)7-10)11-2-4-12(5-3-11)18-15(8-21)23-16(18)9-22/h2-7,15-16,18,23H,8H2,1H3/t15-,16-,18+/m0/s1. The Kier molecular flexibility index (Phi) is 4.59. The second-order valence-electron chi connectivity index (χ2n) is 5.79. The Morgan fingerprint density at radius 3 is 2.30 bits per heavy atom. The monoisotopic (exact) mass is 348 g/mol. The fourth-order valence-electron chi connectivity index (χ4n) is 3.08. The minimum Gasteiger partial charge on any atom is -0.295 e. The van der Waals surface area contributed by atoms with Crippen molar-refractivity contribution in [3.05, 3.63) is 57.6 Å². The minimum absolute atomic E-state index is 0.122. The van der Waals surface area contributed by atoms with E-state index in [1.54, 1.807) is 0 Å². The van der Waals surface area contributed by atoms with Crippen LogP contribution in [0.2, 0.25) is 10.0 Å². The molecule has 1 N–H and O–H groups in total. The zero-order chi connectivity index (χ0) is 16.6. The Morgan fingerprint density at radius 2 is 1.78 bits per heavy atom. The Balaban J connectivity index is 1.93. The molecule has 0 spiro atoms. The highest BCUT2D eigenvalue weighted by molar-refractivity contribution is 6.39. The van der Waals surface area contributed by atoms with Crippen LogP contribution in [0.5, 0.6) is 0 Å². The van der Waals surface area contributed by atoms with Crippen LogP contribution in [0, 0.1) is 18.3 Å². The molecule has 0 aromatic heterocycles. The average Bonchev–Trinajstić information content (AvgIpc) is 2.48. The number of benzene rings is 2. The van der Waals surface area contributed by atoms with E-state index in [1.165, 1.54) is 0 Å². The summed E-state index contributed by atoms with van der Waals surface area (Å²) >= 11 is 12.6. The van der Waals surface area contributed by atoms with Gasteiger partial charge in [0.15, 0.2) is 0 Å². The van der Waals surface area contributed by atoms with Gasteiger partial charge < -0.3 is 0 Å². The number of nitrogens with one attached hydrogen (secondary N) is 1. The van der Waals surface area contributed by atoms with Gasteiger partial charge in [0.05, 0.1) is 16.1 Å². The summed E-state index contributed by atoms with van der Waals surface area (Å²) < 4.78 is 13.0. The SMILES string of the molecule is Cc1cc(Cl)c(-c2ccc([C@H]3[C@H](C#N)N[C@H]3CF)cc2)c(Cl)c1. The quantitative estimate of drug-likeness (QED) is 0.857. The molecule has 23 heavy (non-hydrogen) atoms. The fraction of sp³-hybridized carbons (Fsp3) is 0.278. The van der Waals surface area contributed by atoms with Crippen LogP contribution in [0.15, 0.2) is 36.4 Å². The van der Waals surface area contributed by atoms with Crippen LogP contribution in [0.4, 0.5) is 4.39 Å². The summed E-state index contributed by atoms with van der Waals surface area (Å²) in [6.07, 6.45) is 0. The van der Waals surface area contributed by atoms with Crippen molar-refractivity contribution in [3.8, 4) is 17.2 Å². The normalized spacial score (nSPS) is 23.2. The Hall–Kier alpha value is -1.60. The molecule has 0 amide bonds. The summed E-state index contributed by atoms with van der Waals surface area (Å²) in [4.78, 5) is 0. The van der Waals surface area contributed by atoms with Crippen molar-refractivity contribution >= 4 is 23.2 Å². The first-order chi connectivity index (χ1) is 11.0. The van der Waals surface area contributed by atoms with Gasteiger partial charge in [-0.2, -0.15) is 5.26 Å². The molecule has 3 atom stereocenters. The van der Waals surface area contributed by atoms with E-state index in [4.69, 9.17) is 28.5 Å². The van der Waals surface area contributed by atoms with E-state index in [-0.39, 0.29) is 18.0 Å². The molecule has 5 heteroatoms. The van der Waals surface area contributed by atoms with Crippen molar-refractivity contribution in [3.63, 3.8) is 0 Å². The molecule has 3 rings (SSSR count). The van der Waals surface area contributed by atoms with Crippen molar-refractivity contribution in [2.75, 3.05) is 6.67 Å². The summed E-state index contributed by atoms with van der Waals surface area (Å²) in [5, 5.41) is 13.2. The molecular weight excluding hydrogens is 334 g/mol. The lowest BCUT2D eigenvalue weighted by molar-refractivity contribution is 0.210. The highest BCUT2D eigenvalue weighted by atomic mass is 35.5. The third kappa shape index (κ3) is 2.95. The molecule has 0 unspecified atom stereocenters. The van der Waals surface area contributed by atoms with Crippen LogP contribution in [-0.4, -0.2) is 18.8 Å². The van der Waals surface area contributed by atoms with Gasteiger partial charge in [0.2, 0.25) is 0 Å². The van der Waals surface area contributed by atoms with Crippen LogP contribution in [0.3, 0.4) is 0 Å². The van der Waals surface area contributed by atoms with Crippen molar-refractivity contribution in [1.29, 1.82) is 5.26 Å². The van der Waals surface area contributed by atoms with Crippen molar-refractivity contribution < 1.29 is 4.39 Å². The number of nitriles is 1. The summed E-state index contributed by atoms with van der Waals surface area (Å²) in [7, 11) is 0. The summed E-state index contributed by atoms with van der Waals surface area (Å²) in [6, 6.07) is 12.9. The molecule has 1 aliphatic heterocycles. The number of hydrogen-bond donors (Lipinski definition) is 1. The van der Waals surface area contributed by atoms with Crippen molar-refractivity contribution in [2.45, 2.75) is 24.9 Å². The first-order valence-corrected chi connectivity index (χ1v) is 8.08. The van der Waals surface area contributed by atoms with E-state index in [9.17, 15) is 4.39 Å². The Labute approximate surface area is 144 Å². The Morgan fingerprint density at radius 1 is 1.17 bits per heavy atom. The molecule has 0 saturated carbocycles. The first-order valence-electron chi connectivity index (χ1n) is 7.32. The molecule has 2 aromatic carbocycles. The van der Waals surface area contributed by atoms with E-state index in [0.717, 1.165) is 22.3 Å². The largest absolute Gasteiger partial charge is 0.295 e. The second kappa shape index (κ2) is 6.49. The predicted octanol–water partition coefficient (Wildman–Crippen LogP) is 4.89. The predicted molar refractivity (Wildman–Crippen MR) is 91.7 cm³/mol. The van der Waals surface area contributed by atoms with Gasteiger partial charge in [0.25, 0.3) is 0 Å². The van der Waals surface area contributed by atoms with E-state index in [2.05, 4.69) is 11.4 Å². The lowest BCUT2D eigenvalue weighted by atomic mass is 9.78. The van der Waals surface area contributed by atoms with Gasteiger partial charge in [-0.3, -0.25) is 5.32 Å². The number of nitrogens with zero attached hydrogens (tertiary/aromatic N) is 1. The van der Waals surface area contributed by atoms with Crippen LogP contribution in [-0.2, 0) is 0 Å². The molecule has 1 aliphatic rings. The maximum absolute atomic E-state index is 13.0. The minimum atomic E-state index is -0.486. The number of aryl methyl sites for hydroxylation is 1. The molecule has 0 radical (unpaired) electrons. The zero-order valence-corrected chi connectivity index (χ0v) is 14.0. The second-order valence-corrected chi connectivity index (χ2v) is 6.60. The summed E-state index contributed by atoms with van der Waals surface area (Å²) in [5.41, 5.74) is 3.64. The van der Waals surface area contributed by atoms with E-state index in [0.29, 0.717) is 10.0 Å². The number of rotatable bonds is 3. The third-order valence-electron chi connectivity index (χ3n) is 4.26. The van der Waals surface area contributed by atoms with Crippen LogP contribution in [0.25, 0.3) is 11.1 Å². The third-order valence-corrected chi connectivity index (χ3v) is 4.86. The lowest BCUT2D eigenvalue weighted by Gasteiger charge is -2.41. The Bertz CT molecular complexity index is 745. The van der Waals surface area contributed by atoms with Gasteiger partial charge in [0.1, 0.15) is 12.7 Å². The van der Waals surface area contributed by atoms with Gasteiger partial charge in [-0.25, -0.2) is 4.39 Å². The maximum atomic E-state index is 13.0. The van der Waals surface area contributed by atoms with Crippen LogP contribution in [0.1, 0.15) is 17.0 Å². The molecule has 1 saturated heterocycles. The molecule has 1 fully saturated rings. The van der Waals surface area contributed by atoms with Gasteiger partial charge in [0, 0.05) is 17.5 Å². The van der Waals surface area contributed by atoms with Crippen LogP contribution >= 0.6 is 23.2 Å². The zero-order valence-electron chi connectivity index (χ0n) is 12.5. The molecule has 0 aliphatic carbocycles. The molecule has 118 valence electrons. The number of halogens is 3. The van der Waals surface area contributed by atoms with Gasteiger partial charge in [-0.1, -0.05) is 47.5 Å². The van der Waals surface area contributed by atoms with E-state index in [1.807, 2.05) is 43.3 Å².